The van der Waals surface area contributed by atoms with E-state index in [1.165, 1.54) is 0 Å². The summed E-state index contributed by atoms with van der Waals surface area (Å²) in [5.74, 6) is 0.0526. The van der Waals surface area contributed by atoms with E-state index >= 15 is 0 Å². The van der Waals surface area contributed by atoms with E-state index < -0.39 is 0 Å². The van der Waals surface area contributed by atoms with Crippen molar-refractivity contribution in [1.82, 2.24) is 9.88 Å². The first-order valence-electron chi connectivity index (χ1n) is 6.28. The SMILES string of the molecule is CCC(CC)NC(=O)Cn1cccc1C(C)N. The zero-order chi connectivity index (χ0) is 12.8. The molecular weight excluding hydrogens is 214 g/mol. The third-order valence-electron chi connectivity index (χ3n) is 3.00. The standard InChI is InChI=1S/C13H23N3O/c1-4-11(5-2)15-13(17)9-16-8-6-7-12(16)10(3)14/h6-8,10-11H,4-5,9,14H2,1-3H3,(H,15,17). The molecule has 0 spiro atoms. The topological polar surface area (TPSA) is 60.0 Å². The lowest BCUT2D eigenvalue weighted by atomic mass is 10.2. The summed E-state index contributed by atoms with van der Waals surface area (Å²) in [5, 5.41) is 3.02. The largest absolute Gasteiger partial charge is 0.352 e. The minimum absolute atomic E-state index is 0.0500. The van der Waals surface area contributed by atoms with E-state index in [4.69, 9.17) is 5.73 Å². The highest BCUT2D eigenvalue weighted by Gasteiger charge is 2.11. The second kappa shape index (κ2) is 6.45. The highest BCUT2D eigenvalue weighted by molar-refractivity contribution is 5.76. The van der Waals surface area contributed by atoms with Gasteiger partial charge in [-0.1, -0.05) is 13.8 Å². The van der Waals surface area contributed by atoms with Gasteiger partial charge in [-0.3, -0.25) is 4.79 Å². The molecule has 96 valence electrons. The quantitative estimate of drug-likeness (QED) is 0.792. The number of rotatable bonds is 6. The van der Waals surface area contributed by atoms with Crippen molar-refractivity contribution >= 4 is 5.91 Å². The summed E-state index contributed by atoms with van der Waals surface area (Å²) < 4.78 is 1.91. The van der Waals surface area contributed by atoms with E-state index in [9.17, 15) is 4.79 Å². The van der Waals surface area contributed by atoms with E-state index in [1.54, 1.807) is 0 Å². The number of carbonyl (C=O) groups excluding carboxylic acids is 1. The fraction of sp³-hybridized carbons (Fsp3) is 0.615. The Bertz CT molecular complexity index is 353. The van der Waals surface area contributed by atoms with Gasteiger partial charge in [-0.25, -0.2) is 0 Å². The van der Waals surface area contributed by atoms with E-state index in [2.05, 4.69) is 19.2 Å². The number of nitrogens with two attached hydrogens (primary N) is 1. The molecule has 1 heterocycles. The predicted molar refractivity (Wildman–Crippen MR) is 69.5 cm³/mol. The van der Waals surface area contributed by atoms with Gasteiger partial charge >= 0.3 is 0 Å². The summed E-state index contributed by atoms with van der Waals surface area (Å²) in [4.78, 5) is 11.8. The van der Waals surface area contributed by atoms with Gasteiger partial charge in [-0.05, 0) is 31.9 Å². The lowest BCUT2D eigenvalue weighted by Crippen LogP contribution is -2.36. The van der Waals surface area contributed by atoms with E-state index in [1.807, 2.05) is 29.8 Å². The molecule has 0 bridgehead atoms. The normalized spacial score (nSPS) is 12.8. The van der Waals surface area contributed by atoms with Crippen LogP contribution in [0.25, 0.3) is 0 Å². The van der Waals surface area contributed by atoms with Gasteiger partial charge in [-0.2, -0.15) is 0 Å². The number of hydrogen-bond donors (Lipinski definition) is 2. The molecule has 3 N–H and O–H groups in total. The van der Waals surface area contributed by atoms with Crippen molar-refractivity contribution in [2.45, 2.75) is 52.2 Å². The van der Waals surface area contributed by atoms with E-state index in [-0.39, 0.29) is 18.0 Å². The monoisotopic (exact) mass is 237 g/mol. The van der Waals surface area contributed by atoms with Crippen LogP contribution in [-0.2, 0) is 11.3 Å². The zero-order valence-electron chi connectivity index (χ0n) is 10.9. The zero-order valence-corrected chi connectivity index (χ0v) is 10.9. The van der Waals surface area contributed by atoms with Crippen LogP contribution < -0.4 is 11.1 Å². The van der Waals surface area contributed by atoms with Gasteiger partial charge in [0, 0.05) is 24.0 Å². The van der Waals surface area contributed by atoms with Gasteiger partial charge in [0.05, 0.1) is 0 Å². The van der Waals surface area contributed by atoms with E-state index in [0.717, 1.165) is 18.5 Å². The van der Waals surface area contributed by atoms with Crippen molar-refractivity contribution in [1.29, 1.82) is 0 Å². The molecule has 4 nitrogen and oxygen atoms in total. The average Bonchev–Trinajstić information content (AvgIpc) is 2.74. The number of hydrogen-bond acceptors (Lipinski definition) is 2. The Kier molecular flexibility index (Phi) is 5.22. The average molecular weight is 237 g/mol. The summed E-state index contributed by atoms with van der Waals surface area (Å²) in [5.41, 5.74) is 6.83. The van der Waals surface area contributed by atoms with Crippen LogP contribution in [0.5, 0.6) is 0 Å². The second-order valence-electron chi connectivity index (χ2n) is 4.43. The molecule has 0 saturated heterocycles. The van der Waals surface area contributed by atoms with Crippen LogP contribution in [0.4, 0.5) is 0 Å². The van der Waals surface area contributed by atoms with Gasteiger partial charge < -0.3 is 15.6 Å². The Morgan fingerprint density at radius 2 is 2.12 bits per heavy atom. The first-order valence-corrected chi connectivity index (χ1v) is 6.28. The minimum atomic E-state index is -0.0500. The third kappa shape index (κ3) is 3.89. The van der Waals surface area contributed by atoms with Crippen LogP contribution in [-0.4, -0.2) is 16.5 Å². The molecule has 17 heavy (non-hydrogen) atoms. The molecule has 1 atom stereocenters. The predicted octanol–water partition coefficient (Wildman–Crippen LogP) is 1.81. The number of nitrogens with one attached hydrogen (secondary N) is 1. The molecule has 0 aliphatic heterocycles. The number of carbonyl (C=O) groups is 1. The fourth-order valence-corrected chi connectivity index (χ4v) is 1.91. The molecule has 1 rings (SSSR count). The number of nitrogens with zero attached hydrogens (tertiary/aromatic N) is 1. The van der Waals surface area contributed by atoms with Crippen LogP contribution in [0.15, 0.2) is 18.3 Å². The summed E-state index contributed by atoms with van der Waals surface area (Å²) in [6.45, 7) is 6.43. The van der Waals surface area contributed by atoms with Gasteiger partial charge in [0.2, 0.25) is 5.91 Å². The summed E-state index contributed by atoms with van der Waals surface area (Å²) in [6, 6.07) is 4.10. The molecule has 0 fully saturated rings. The summed E-state index contributed by atoms with van der Waals surface area (Å²) in [6.07, 6.45) is 3.83. The van der Waals surface area contributed by atoms with Crippen LogP contribution in [0, 0.1) is 0 Å². The van der Waals surface area contributed by atoms with Gasteiger partial charge in [0.15, 0.2) is 0 Å². The summed E-state index contributed by atoms with van der Waals surface area (Å²) >= 11 is 0. The van der Waals surface area contributed by atoms with Crippen LogP contribution in [0.2, 0.25) is 0 Å². The first-order chi connectivity index (χ1) is 8.08. The van der Waals surface area contributed by atoms with Crippen molar-refractivity contribution in [3.05, 3.63) is 24.0 Å². The minimum Gasteiger partial charge on any atom is -0.352 e. The maximum atomic E-state index is 11.8. The smallest absolute Gasteiger partial charge is 0.240 e. The van der Waals surface area contributed by atoms with Crippen LogP contribution in [0.3, 0.4) is 0 Å². The molecule has 0 radical (unpaired) electrons. The number of aromatic nitrogens is 1. The van der Waals surface area contributed by atoms with Crippen molar-refractivity contribution in [2.24, 2.45) is 5.73 Å². The maximum Gasteiger partial charge on any atom is 0.240 e. The highest BCUT2D eigenvalue weighted by atomic mass is 16.2. The fourth-order valence-electron chi connectivity index (χ4n) is 1.91. The van der Waals surface area contributed by atoms with Crippen LogP contribution >= 0.6 is 0 Å². The summed E-state index contributed by atoms with van der Waals surface area (Å²) in [7, 11) is 0. The molecule has 1 unspecified atom stereocenters. The van der Waals surface area contributed by atoms with Gasteiger partial charge in [0.25, 0.3) is 0 Å². The lowest BCUT2D eigenvalue weighted by molar-refractivity contribution is -0.122. The Balaban J connectivity index is 2.59. The van der Waals surface area contributed by atoms with E-state index in [0.29, 0.717) is 6.54 Å². The van der Waals surface area contributed by atoms with Crippen molar-refractivity contribution in [2.75, 3.05) is 0 Å². The molecule has 1 aromatic rings. The van der Waals surface area contributed by atoms with Gasteiger partial charge in [0.1, 0.15) is 6.54 Å². The molecular formula is C13H23N3O. The lowest BCUT2D eigenvalue weighted by Gasteiger charge is -2.16. The molecule has 1 amide bonds. The first kappa shape index (κ1) is 13.8. The maximum absolute atomic E-state index is 11.8. The Morgan fingerprint density at radius 1 is 1.47 bits per heavy atom. The Hall–Kier alpha value is -1.29. The van der Waals surface area contributed by atoms with Crippen LogP contribution in [0.1, 0.15) is 45.3 Å². The van der Waals surface area contributed by atoms with Crippen molar-refractivity contribution in [3.63, 3.8) is 0 Å². The Morgan fingerprint density at radius 3 is 2.65 bits per heavy atom. The molecule has 1 aromatic heterocycles. The molecule has 0 aromatic carbocycles. The van der Waals surface area contributed by atoms with Gasteiger partial charge in [-0.15, -0.1) is 0 Å². The van der Waals surface area contributed by atoms with Crippen molar-refractivity contribution in [3.8, 4) is 0 Å². The molecule has 0 aliphatic carbocycles. The molecule has 4 heteroatoms. The second-order valence-corrected chi connectivity index (χ2v) is 4.43. The van der Waals surface area contributed by atoms with Crippen molar-refractivity contribution < 1.29 is 4.79 Å². The highest BCUT2D eigenvalue weighted by Crippen LogP contribution is 2.10. The molecule has 0 saturated carbocycles. The Labute approximate surface area is 103 Å². The molecule has 0 aliphatic rings. The number of amides is 1. The third-order valence-corrected chi connectivity index (χ3v) is 3.00.